The zero-order chi connectivity index (χ0) is 31.1. The van der Waals surface area contributed by atoms with Gasteiger partial charge >= 0.3 is 5.69 Å². The van der Waals surface area contributed by atoms with Crippen molar-refractivity contribution in [1.82, 2.24) is 24.3 Å². The lowest BCUT2D eigenvalue weighted by Gasteiger charge is -2.41. The number of nitrogens with one attached hydrogen (secondary N) is 1. The predicted octanol–water partition coefficient (Wildman–Crippen LogP) is 2.97. The van der Waals surface area contributed by atoms with Crippen LogP contribution in [0.4, 0.5) is 16.0 Å². The van der Waals surface area contributed by atoms with Crippen molar-refractivity contribution in [2.24, 2.45) is 0 Å². The van der Waals surface area contributed by atoms with Crippen molar-refractivity contribution in [3.05, 3.63) is 52.3 Å². The van der Waals surface area contributed by atoms with Crippen LogP contribution in [-0.4, -0.2) is 88.6 Å². The standard InChI is InChI=1S/C30H30ClFN8O4/c1-3-22(41)39-12-11-38(14-17(39)6-8-33)29-19-13-20(31)24(25-21(32)7-9-35-28(25)34-2)27-26(19)40(30(43)36-29)18(16-44-27)15-37-10-4-5-23(37)42/h3,7,9,13,17-18H,1,4-6,10-12,14-16H2,2H3,(H,34,35)/t17-,18?/m0/s1. The van der Waals surface area contributed by atoms with Gasteiger partial charge in [-0.1, -0.05) is 18.2 Å². The first-order chi connectivity index (χ1) is 21.3. The van der Waals surface area contributed by atoms with Gasteiger partial charge in [-0.15, -0.1) is 0 Å². The number of anilines is 2. The Labute approximate surface area is 257 Å². The maximum Gasteiger partial charge on any atom is 0.350 e. The Morgan fingerprint density at radius 2 is 2.11 bits per heavy atom. The molecule has 0 bridgehead atoms. The molecule has 2 amide bonds. The molecule has 2 atom stereocenters. The SMILES string of the molecule is C=CC(=O)N1CCN(c2nc(=O)n3c4c(c(-c5c(F)ccnc5NC)c(Cl)cc24)OCC3CN2CCCC2=O)C[C@@H]1CC#N. The predicted molar refractivity (Wildman–Crippen MR) is 162 cm³/mol. The van der Waals surface area contributed by atoms with Gasteiger partial charge < -0.3 is 24.8 Å². The van der Waals surface area contributed by atoms with Gasteiger partial charge in [-0.3, -0.25) is 14.2 Å². The number of carbonyl (C=O) groups is 2. The molecular weight excluding hydrogens is 591 g/mol. The summed E-state index contributed by atoms with van der Waals surface area (Å²) in [5.74, 6) is -0.106. The highest BCUT2D eigenvalue weighted by atomic mass is 35.5. The molecule has 3 aliphatic rings. The van der Waals surface area contributed by atoms with Gasteiger partial charge in [0.2, 0.25) is 11.8 Å². The molecule has 3 aliphatic heterocycles. The molecule has 44 heavy (non-hydrogen) atoms. The highest BCUT2D eigenvalue weighted by Gasteiger charge is 2.36. The summed E-state index contributed by atoms with van der Waals surface area (Å²) in [5.41, 5.74) is 0.130. The van der Waals surface area contributed by atoms with E-state index in [1.165, 1.54) is 22.9 Å². The summed E-state index contributed by atoms with van der Waals surface area (Å²) in [6.45, 7) is 5.29. The lowest BCUT2D eigenvalue weighted by molar-refractivity contribution is -0.129. The van der Waals surface area contributed by atoms with Crippen molar-refractivity contribution in [2.75, 3.05) is 56.6 Å². The summed E-state index contributed by atoms with van der Waals surface area (Å²) >= 11 is 6.91. The van der Waals surface area contributed by atoms with Crippen LogP contribution in [0.5, 0.6) is 5.75 Å². The Hall–Kier alpha value is -4.70. The fraction of sp³-hybridized carbons (Fsp3) is 0.400. The zero-order valence-corrected chi connectivity index (χ0v) is 24.8. The topological polar surface area (TPSA) is 137 Å². The van der Waals surface area contributed by atoms with E-state index >= 15 is 4.39 Å². The molecular formula is C30H30ClFN8O4. The molecule has 5 heterocycles. The van der Waals surface area contributed by atoms with Crippen LogP contribution in [0.3, 0.4) is 0 Å². The highest BCUT2D eigenvalue weighted by Crippen LogP contribution is 2.48. The third kappa shape index (κ3) is 4.89. The number of amides is 2. The number of hydrogen-bond donors (Lipinski definition) is 1. The van der Waals surface area contributed by atoms with Gasteiger partial charge in [0.15, 0.2) is 5.75 Å². The van der Waals surface area contributed by atoms with Crippen molar-refractivity contribution in [3.63, 3.8) is 0 Å². The van der Waals surface area contributed by atoms with Crippen LogP contribution in [0.2, 0.25) is 5.02 Å². The summed E-state index contributed by atoms with van der Waals surface area (Å²) in [6, 6.07) is 3.97. The molecule has 14 heteroatoms. The smallest absolute Gasteiger partial charge is 0.350 e. The molecule has 1 N–H and O–H groups in total. The molecule has 1 aromatic carbocycles. The van der Waals surface area contributed by atoms with Crippen LogP contribution in [0.15, 0.2) is 35.8 Å². The minimum Gasteiger partial charge on any atom is -0.488 e. The number of aromatic nitrogens is 3. The van der Waals surface area contributed by atoms with Crippen LogP contribution < -0.4 is 20.6 Å². The molecule has 12 nitrogen and oxygen atoms in total. The number of carbonyl (C=O) groups excluding carboxylic acids is 2. The average Bonchev–Trinajstić information content (AvgIpc) is 3.43. The second-order valence-electron chi connectivity index (χ2n) is 10.9. The summed E-state index contributed by atoms with van der Waals surface area (Å²) < 4.78 is 23.3. The maximum atomic E-state index is 15.4. The van der Waals surface area contributed by atoms with Crippen LogP contribution in [0.25, 0.3) is 22.0 Å². The molecule has 0 spiro atoms. The highest BCUT2D eigenvalue weighted by molar-refractivity contribution is 6.35. The molecule has 0 aliphatic carbocycles. The molecule has 2 fully saturated rings. The Bertz CT molecular complexity index is 1790. The van der Waals surface area contributed by atoms with Gasteiger partial charge in [0.1, 0.15) is 24.1 Å². The van der Waals surface area contributed by atoms with E-state index in [2.05, 4.69) is 27.9 Å². The van der Waals surface area contributed by atoms with Gasteiger partial charge in [0.25, 0.3) is 0 Å². The monoisotopic (exact) mass is 620 g/mol. The Morgan fingerprint density at radius 3 is 2.82 bits per heavy atom. The van der Waals surface area contributed by atoms with Crippen LogP contribution in [0, 0.1) is 17.1 Å². The normalized spacial score (nSPS) is 19.6. The van der Waals surface area contributed by atoms with Gasteiger partial charge in [0, 0.05) is 57.8 Å². The zero-order valence-electron chi connectivity index (χ0n) is 24.1. The number of nitriles is 1. The quantitative estimate of drug-likeness (QED) is 0.395. The maximum absolute atomic E-state index is 15.4. The first-order valence-electron chi connectivity index (χ1n) is 14.3. The lowest BCUT2D eigenvalue weighted by atomic mass is 9.99. The number of hydrogen-bond acceptors (Lipinski definition) is 9. The van der Waals surface area contributed by atoms with E-state index in [0.717, 1.165) is 6.42 Å². The summed E-state index contributed by atoms with van der Waals surface area (Å²) in [5, 5.41) is 13.0. The van der Waals surface area contributed by atoms with Crippen LogP contribution in [-0.2, 0) is 9.59 Å². The third-order valence-corrected chi connectivity index (χ3v) is 8.74. The van der Waals surface area contributed by atoms with Gasteiger partial charge in [-0.05, 0) is 24.6 Å². The first-order valence-corrected chi connectivity index (χ1v) is 14.7. The number of rotatable bonds is 7. The Morgan fingerprint density at radius 1 is 1.30 bits per heavy atom. The summed E-state index contributed by atoms with van der Waals surface area (Å²) in [7, 11) is 1.61. The second kappa shape index (κ2) is 11.8. The molecule has 1 unspecified atom stereocenters. The molecule has 3 aromatic rings. The third-order valence-electron chi connectivity index (χ3n) is 8.44. The van der Waals surface area contributed by atoms with Crippen molar-refractivity contribution in [1.29, 1.82) is 5.26 Å². The number of likely N-dealkylation sites (tertiary alicyclic amines) is 1. The first kappa shape index (κ1) is 29.4. The molecule has 2 aromatic heterocycles. The average molecular weight is 621 g/mol. The molecule has 0 radical (unpaired) electrons. The summed E-state index contributed by atoms with van der Waals surface area (Å²) in [4.78, 5) is 52.9. The molecule has 6 rings (SSSR count). The molecule has 0 saturated carbocycles. The minimum absolute atomic E-state index is 0.00744. The van der Waals surface area contributed by atoms with Gasteiger partial charge in [-0.2, -0.15) is 10.2 Å². The number of pyridine rings is 1. The van der Waals surface area contributed by atoms with E-state index < -0.39 is 23.6 Å². The van der Waals surface area contributed by atoms with Gasteiger partial charge in [-0.25, -0.2) is 14.2 Å². The number of nitrogens with zero attached hydrogens (tertiary/aromatic N) is 7. The number of benzene rings is 1. The van der Waals surface area contributed by atoms with Crippen molar-refractivity contribution < 1.29 is 18.7 Å². The second-order valence-corrected chi connectivity index (χ2v) is 11.3. The minimum atomic E-state index is -0.583. The van der Waals surface area contributed by atoms with Crippen LogP contribution >= 0.6 is 11.6 Å². The fourth-order valence-corrected chi connectivity index (χ4v) is 6.71. The number of piperazine rings is 1. The largest absolute Gasteiger partial charge is 0.488 e. The van der Waals surface area contributed by atoms with Crippen LogP contribution in [0.1, 0.15) is 25.3 Å². The molecule has 2 saturated heterocycles. The van der Waals surface area contributed by atoms with Crippen molar-refractivity contribution >= 4 is 46.0 Å². The number of halogens is 2. The van der Waals surface area contributed by atoms with E-state index in [1.807, 2.05) is 4.90 Å². The molecule has 228 valence electrons. The van der Waals surface area contributed by atoms with E-state index in [1.54, 1.807) is 22.9 Å². The Balaban J connectivity index is 1.56. The van der Waals surface area contributed by atoms with Gasteiger partial charge in [0.05, 0.1) is 46.2 Å². The number of ether oxygens (including phenoxy) is 1. The van der Waals surface area contributed by atoms with Crippen molar-refractivity contribution in [2.45, 2.75) is 31.3 Å². The lowest BCUT2D eigenvalue weighted by Crippen LogP contribution is -2.55. The van der Waals surface area contributed by atoms with Crippen molar-refractivity contribution in [3.8, 4) is 22.9 Å². The van der Waals surface area contributed by atoms with E-state index in [-0.39, 0.29) is 72.2 Å². The van der Waals surface area contributed by atoms with E-state index in [9.17, 15) is 19.6 Å². The van der Waals surface area contributed by atoms with E-state index in [4.69, 9.17) is 16.3 Å². The Kier molecular flexibility index (Phi) is 7.85. The van der Waals surface area contributed by atoms with E-state index in [0.29, 0.717) is 36.2 Å². The summed E-state index contributed by atoms with van der Waals surface area (Å²) in [6.07, 6.45) is 3.81. The fourth-order valence-electron chi connectivity index (χ4n) is 6.42.